The summed E-state index contributed by atoms with van der Waals surface area (Å²) in [6, 6.07) is 3.69. The molecule has 0 spiro atoms. The van der Waals surface area contributed by atoms with Crippen molar-refractivity contribution in [2.75, 3.05) is 5.75 Å². The van der Waals surface area contributed by atoms with Crippen molar-refractivity contribution in [3.05, 3.63) is 23.8 Å². The van der Waals surface area contributed by atoms with Crippen molar-refractivity contribution < 1.29 is 41.1 Å². The van der Waals surface area contributed by atoms with Crippen LogP contribution in [0, 0.1) is 0 Å². The number of rotatable bonds is 1. The van der Waals surface area contributed by atoms with E-state index in [4.69, 9.17) is 5.11 Å². The Morgan fingerprint density at radius 1 is 1.44 bits per heavy atom. The van der Waals surface area contributed by atoms with E-state index in [1.165, 1.54) is 12.1 Å². The topological polar surface area (TPSA) is 94.5 Å². The van der Waals surface area contributed by atoms with Crippen molar-refractivity contribution in [2.24, 2.45) is 0 Å². The van der Waals surface area contributed by atoms with E-state index < -0.39 is 31.9 Å². The number of aromatic hydroxyl groups is 1. The Kier molecular flexibility index (Phi) is 3.87. The van der Waals surface area contributed by atoms with Crippen LogP contribution >= 0.6 is 0 Å². The molecule has 1 aliphatic heterocycles. The maximum atomic E-state index is 11.5. The quantitative estimate of drug-likeness (QED) is 0.428. The molecule has 0 aliphatic carbocycles. The van der Waals surface area contributed by atoms with Crippen molar-refractivity contribution in [3.63, 3.8) is 0 Å². The zero-order valence-electron chi connectivity index (χ0n) is 8.41. The summed E-state index contributed by atoms with van der Waals surface area (Å²) >= 11 is -2.47. The number of hydrogen-bond donors (Lipinski definition) is 1. The van der Waals surface area contributed by atoms with Gasteiger partial charge in [-0.3, -0.25) is 4.21 Å². The van der Waals surface area contributed by atoms with Crippen molar-refractivity contribution in [1.29, 1.82) is 0 Å². The minimum absolute atomic E-state index is 0. The van der Waals surface area contributed by atoms with Crippen molar-refractivity contribution in [3.8, 4) is 5.75 Å². The molecule has 2 unspecified atom stereocenters. The van der Waals surface area contributed by atoms with Gasteiger partial charge in [-0.25, -0.2) is 8.42 Å². The van der Waals surface area contributed by atoms with Crippen LogP contribution in [-0.2, 0) is 20.9 Å². The SMILES string of the molecule is O=S([O-])C1CS(=O)(=O)c2cc(O)ccc21.[Li+]. The molecule has 1 N–H and O–H groups in total. The summed E-state index contributed by atoms with van der Waals surface area (Å²) in [7, 11) is -3.58. The minimum atomic E-state index is -3.58. The van der Waals surface area contributed by atoms with Gasteiger partial charge in [0.15, 0.2) is 9.84 Å². The molecule has 82 valence electrons. The molecule has 0 amide bonds. The minimum Gasteiger partial charge on any atom is -0.772 e. The van der Waals surface area contributed by atoms with Gasteiger partial charge < -0.3 is 9.66 Å². The second-order valence-electron chi connectivity index (χ2n) is 3.25. The van der Waals surface area contributed by atoms with E-state index >= 15 is 0 Å². The van der Waals surface area contributed by atoms with Crippen LogP contribution in [0.1, 0.15) is 10.8 Å². The van der Waals surface area contributed by atoms with Crippen LogP contribution in [0.4, 0.5) is 0 Å². The van der Waals surface area contributed by atoms with Crippen LogP contribution in [0.15, 0.2) is 23.1 Å². The molecule has 0 saturated heterocycles. The third-order valence-electron chi connectivity index (χ3n) is 2.28. The van der Waals surface area contributed by atoms with Gasteiger partial charge in [0.25, 0.3) is 0 Å². The molecule has 8 heteroatoms. The predicted molar refractivity (Wildman–Crippen MR) is 51.8 cm³/mol. The fourth-order valence-electron chi connectivity index (χ4n) is 1.60. The number of benzene rings is 1. The zero-order chi connectivity index (χ0) is 11.2. The smallest absolute Gasteiger partial charge is 0.772 e. The van der Waals surface area contributed by atoms with Crippen LogP contribution in [0.3, 0.4) is 0 Å². The molecule has 1 heterocycles. The van der Waals surface area contributed by atoms with Gasteiger partial charge in [-0.2, -0.15) is 0 Å². The van der Waals surface area contributed by atoms with E-state index in [1.807, 2.05) is 0 Å². The number of phenols is 1. The second kappa shape index (κ2) is 4.51. The summed E-state index contributed by atoms with van der Waals surface area (Å²) in [5.41, 5.74) is 0.237. The summed E-state index contributed by atoms with van der Waals surface area (Å²) in [5.74, 6) is -0.628. The number of phenolic OH excluding ortho intramolecular Hbond substituents is 1. The Balaban J connectivity index is 0.00000128. The first kappa shape index (κ1) is 13.7. The largest absolute Gasteiger partial charge is 1.00 e. The predicted octanol–water partition coefficient (Wildman–Crippen LogP) is -2.90. The molecule has 0 saturated carbocycles. The first-order valence-electron chi connectivity index (χ1n) is 4.05. The molecule has 5 nitrogen and oxygen atoms in total. The molecule has 2 atom stereocenters. The van der Waals surface area contributed by atoms with Crippen LogP contribution in [-0.4, -0.2) is 28.0 Å². The van der Waals surface area contributed by atoms with E-state index in [-0.39, 0.29) is 35.1 Å². The van der Waals surface area contributed by atoms with Gasteiger partial charge in [0.05, 0.1) is 15.9 Å². The second-order valence-corrected chi connectivity index (χ2v) is 6.35. The van der Waals surface area contributed by atoms with Crippen molar-refractivity contribution >= 4 is 20.9 Å². The van der Waals surface area contributed by atoms with Gasteiger partial charge in [-0.1, -0.05) is 6.07 Å². The van der Waals surface area contributed by atoms with Gasteiger partial charge in [0, 0.05) is 0 Å². The molecule has 0 radical (unpaired) electrons. The summed E-state index contributed by atoms with van der Waals surface area (Å²) < 4.78 is 44.7. The molecule has 0 bridgehead atoms. The Bertz CT molecular complexity index is 539. The van der Waals surface area contributed by atoms with Gasteiger partial charge in [-0.05, 0) is 28.8 Å². The van der Waals surface area contributed by atoms with Gasteiger partial charge in [0.1, 0.15) is 5.75 Å². The van der Waals surface area contributed by atoms with Crippen LogP contribution in [0.25, 0.3) is 0 Å². The number of hydrogen-bond acceptors (Lipinski definition) is 5. The van der Waals surface area contributed by atoms with E-state index in [0.717, 1.165) is 6.07 Å². The first-order chi connectivity index (χ1) is 6.92. The molecule has 1 aliphatic rings. The van der Waals surface area contributed by atoms with Crippen LogP contribution in [0.2, 0.25) is 0 Å². The standard InChI is InChI=1S/C8H8O5S2.Li/c9-5-1-2-6-7(14(10)11)4-15(12,13)8(6)3-5;/h1-3,7,9H,4H2,(H,10,11);/q;+1/p-1. The van der Waals surface area contributed by atoms with E-state index in [2.05, 4.69) is 0 Å². The third-order valence-corrected chi connectivity index (χ3v) is 5.17. The van der Waals surface area contributed by atoms with Gasteiger partial charge in [0.2, 0.25) is 0 Å². The Morgan fingerprint density at radius 3 is 2.62 bits per heavy atom. The summed E-state index contributed by atoms with van der Waals surface area (Å²) in [5, 5.41) is 8.11. The van der Waals surface area contributed by atoms with Gasteiger partial charge >= 0.3 is 18.9 Å². The fraction of sp³-hybridized carbons (Fsp3) is 0.250. The van der Waals surface area contributed by atoms with Crippen molar-refractivity contribution in [1.82, 2.24) is 0 Å². The Hall–Kier alpha value is -0.323. The summed E-state index contributed by atoms with van der Waals surface area (Å²) in [6.45, 7) is 0. The van der Waals surface area contributed by atoms with E-state index in [1.54, 1.807) is 0 Å². The monoisotopic (exact) mass is 254 g/mol. The van der Waals surface area contributed by atoms with Crippen LogP contribution < -0.4 is 18.9 Å². The fourth-order valence-corrected chi connectivity index (χ4v) is 4.69. The van der Waals surface area contributed by atoms with Crippen LogP contribution in [0.5, 0.6) is 5.75 Å². The molecular weight excluding hydrogens is 247 g/mol. The van der Waals surface area contributed by atoms with Gasteiger partial charge in [-0.15, -0.1) is 0 Å². The molecule has 16 heavy (non-hydrogen) atoms. The number of fused-ring (bicyclic) bond motifs is 1. The maximum absolute atomic E-state index is 11.5. The molecule has 0 aromatic heterocycles. The first-order valence-corrected chi connectivity index (χ1v) is 6.84. The maximum Gasteiger partial charge on any atom is 1.00 e. The molecule has 1 aromatic carbocycles. The van der Waals surface area contributed by atoms with Crippen molar-refractivity contribution in [2.45, 2.75) is 10.1 Å². The number of sulfone groups is 1. The Labute approximate surface area is 107 Å². The normalized spacial score (nSPS) is 23.2. The molecule has 1 aromatic rings. The molecule has 2 rings (SSSR count). The molecular formula is C8H7LiO5S2. The van der Waals surface area contributed by atoms with E-state index in [9.17, 15) is 17.2 Å². The summed E-state index contributed by atoms with van der Waals surface area (Å²) in [4.78, 5) is -0.0864. The summed E-state index contributed by atoms with van der Waals surface area (Å²) in [6.07, 6.45) is 0. The Morgan fingerprint density at radius 2 is 2.06 bits per heavy atom. The average Bonchev–Trinajstić information content (AvgIpc) is 2.39. The average molecular weight is 254 g/mol. The zero-order valence-corrected chi connectivity index (χ0v) is 10.0. The molecule has 0 fully saturated rings. The third kappa shape index (κ3) is 2.19. The van der Waals surface area contributed by atoms with E-state index in [0.29, 0.717) is 0 Å².